The highest BCUT2D eigenvalue weighted by molar-refractivity contribution is 7.14. The second-order valence-corrected chi connectivity index (χ2v) is 7.69. The SMILES string of the molecule is CCc1sc(C(=O)N/C(=C/c2ccccc2C(F)(F)F)CN)cc1-c1ccnn1C. The Morgan fingerprint density at radius 1 is 1.30 bits per heavy atom. The fourth-order valence-electron chi connectivity index (χ4n) is 3.08. The van der Waals surface area contributed by atoms with Crippen molar-refractivity contribution in [2.75, 3.05) is 6.54 Å². The van der Waals surface area contributed by atoms with Gasteiger partial charge in [0.15, 0.2) is 0 Å². The number of carbonyl (C=O) groups excluding carboxylic acids is 1. The van der Waals surface area contributed by atoms with Crippen LogP contribution >= 0.6 is 11.3 Å². The average molecular weight is 434 g/mol. The van der Waals surface area contributed by atoms with Gasteiger partial charge in [-0.15, -0.1) is 11.3 Å². The van der Waals surface area contributed by atoms with E-state index in [9.17, 15) is 18.0 Å². The Balaban J connectivity index is 1.89. The van der Waals surface area contributed by atoms with E-state index in [0.29, 0.717) is 4.88 Å². The van der Waals surface area contributed by atoms with Crippen LogP contribution in [-0.2, 0) is 19.6 Å². The van der Waals surface area contributed by atoms with Crippen LogP contribution in [0.3, 0.4) is 0 Å². The summed E-state index contributed by atoms with van der Waals surface area (Å²) in [6.45, 7) is 1.88. The van der Waals surface area contributed by atoms with Gasteiger partial charge in [-0.05, 0) is 36.3 Å². The van der Waals surface area contributed by atoms with E-state index in [1.807, 2.05) is 20.0 Å². The smallest absolute Gasteiger partial charge is 0.325 e. The third kappa shape index (κ3) is 4.63. The maximum atomic E-state index is 13.2. The van der Waals surface area contributed by atoms with Crippen LogP contribution in [0.2, 0.25) is 0 Å². The lowest BCUT2D eigenvalue weighted by Gasteiger charge is -2.12. The minimum atomic E-state index is -4.50. The summed E-state index contributed by atoms with van der Waals surface area (Å²) in [5.41, 5.74) is 6.85. The van der Waals surface area contributed by atoms with Crippen LogP contribution in [0.25, 0.3) is 17.3 Å². The molecule has 2 heterocycles. The Morgan fingerprint density at radius 3 is 2.63 bits per heavy atom. The predicted molar refractivity (Wildman–Crippen MR) is 112 cm³/mol. The van der Waals surface area contributed by atoms with Gasteiger partial charge in [-0.2, -0.15) is 18.3 Å². The van der Waals surface area contributed by atoms with Gasteiger partial charge >= 0.3 is 6.18 Å². The van der Waals surface area contributed by atoms with Crippen LogP contribution in [0.5, 0.6) is 0 Å². The van der Waals surface area contributed by atoms with E-state index in [-0.39, 0.29) is 17.8 Å². The highest BCUT2D eigenvalue weighted by Gasteiger charge is 2.32. The molecule has 158 valence electrons. The first-order chi connectivity index (χ1) is 14.2. The fourth-order valence-corrected chi connectivity index (χ4v) is 4.08. The van der Waals surface area contributed by atoms with Gasteiger partial charge in [-0.3, -0.25) is 9.48 Å². The third-order valence-electron chi connectivity index (χ3n) is 4.54. The van der Waals surface area contributed by atoms with Crippen molar-refractivity contribution in [3.05, 3.63) is 69.2 Å². The molecule has 0 unspecified atom stereocenters. The van der Waals surface area contributed by atoms with Crippen LogP contribution in [-0.4, -0.2) is 22.2 Å². The summed E-state index contributed by atoms with van der Waals surface area (Å²) in [6, 6.07) is 8.79. The number of carbonyl (C=O) groups is 1. The minimum absolute atomic E-state index is 0.0539. The maximum absolute atomic E-state index is 13.2. The summed E-state index contributed by atoms with van der Waals surface area (Å²) in [6.07, 6.45) is -0.827. The Labute approximate surface area is 176 Å². The van der Waals surface area contributed by atoms with Gasteiger partial charge in [0.25, 0.3) is 5.91 Å². The number of hydrogen-bond acceptors (Lipinski definition) is 4. The molecule has 0 saturated carbocycles. The number of aromatic nitrogens is 2. The van der Waals surface area contributed by atoms with Crippen LogP contribution in [0, 0.1) is 0 Å². The second-order valence-electron chi connectivity index (χ2n) is 6.55. The van der Waals surface area contributed by atoms with Gasteiger partial charge in [-0.25, -0.2) is 0 Å². The Hall–Kier alpha value is -2.91. The molecule has 5 nitrogen and oxygen atoms in total. The van der Waals surface area contributed by atoms with E-state index in [4.69, 9.17) is 5.73 Å². The highest BCUT2D eigenvalue weighted by atomic mass is 32.1. The van der Waals surface area contributed by atoms with Crippen molar-refractivity contribution in [2.24, 2.45) is 12.8 Å². The first-order valence-corrected chi connectivity index (χ1v) is 10.1. The van der Waals surface area contributed by atoms with Crippen molar-refractivity contribution in [1.82, 2.24) is 15.1 Å². The van der Waals surface area contributed by atoms with E-state index in [0.717, 1.165) is 28.6 Å². The Morgan fingerprint density at radius 2 is 2.03 bits per heavy atom. The van der Waals surface area contributed by atoms with Crippen LogP contribution in [0.4, 0.5) is 13.2 Å². The number of rotatable bonds is 6. The number of nitrogens with one attached hydrogen (secondary N) is 1. The van der Waals surface area contributed by atoms with Gasteiger partial charge in [0.2, 0.25) is 0 Å². The van der Waals surface area contributed by atoms with E-state index in [2.05, 4.69) is 10.4 Å². The Kier molecular flexibility index (Phi) is 6.42. The number of thiophene rings is 1. The van der Waals surface area contributed by atoms with Crippen LogP contribution in [0.15, 0.2) is 48.3 Å². The summed E-state index contributed by atoms with van der Waals surface area (Å²) in [4.78, 5) is 14.2. The zero-order valence-electron chi connectivity index (χ0n) is 16.5. The molecule has 0 spiro atoms. The summed E-state index contributed by atoms with van der Waals surface area (Å²) < 4.78 is 41.4. The monoisotopic (exact) mass is 434 g/mol. The second kappa shape index (κ2) is 8.85. The molecule has 3 rings (SSSR count). The van der Waals surface area contributed by atoms with Crippen LogP contribution < -0.4 is 11.1 Å². The first kappa shape index (κ1) is 21.8. The van der Waals surface area contributed by atoms with E-state index in [1.165, 1.54) is 35.6 Å². The standard InChI is InChI=1S/C21H21F3N4OS/c1-3-18-15(17-8-9-26-28(17)2)11-19(30-18)20(29)27-14(12-25)10-13-6-4-5-7-16(13)21(22,23)24/h4-11H,3,12,25H2,1-2H3,(H,27,29)/b14-10+. The number of aryl methyl sites for hydroxylation is 2. The average Bonchev–Trinajstić information content (AvgIpc) is 3.32. The molecule has 0 fully saturated rings. The molecule has 2 aromatic heterocycles. The minimum Gasteiger partial charge on any atom is -0.325 e. The number of hydrogen-bond donors (Lipinski definition) is 2. The van der Waals surface area contributed by atoms with Crippen molar-refractivity contribution < 1.29 is 18.0 Å². The molecular weight excluding hydrogens is 413 g/mol. The molecule has 0 bridgehead atoms. The third-order valence-corrected chi connectivity index (χ3v) is 5.82. The molecule has 0 aliphatic carbocycles. The van der Waals surface area contributed by atoms with Gasteiger partial charge in [0.1, 0.15) is 0 Å². The van der Waals surface area contributed by atoms with E-state index in [1.54, 1.807) is 16.9 Å². The quantitative estimate of drug-likeness (QED) is 0.602. The van der Waals surface area contributed by atoms with Crippen molar-refractivity contribution in [1.29, 1.82) is 0 Å². The molecule has 0 aliphatic heterocycles. The van der Waals surface area contributed by atoms with Crippen molar-refractivity contribution in [2.45, 2.75) is 19.5 Å². The molecule has 3 aromatic rings. The maximum Gasteiger partial charge on any atom is 0.416 e. The van der Waals surface area contributed by atoms with Gasteiger partial charge in [0.05, 0.1) is 16.1 Å². The van der Waals surface area contributed by atoms with Crippen LogP contribution in [0.1, 0.15) is 32.6 Å². The molecule has 0 saturated heterocycles. The Bertz CT molecular complexity index is 1080. The summed E-state index contributed by atoms with van der Waals surface area (Å²) in [5, 5.41) is 6.81. The first-order valence-electron chi connectivity index (χ1n) is 9.23. The summed E-state index contributed by atoms with van der Waals surface area (Å²) in [5.74, 6) is -0.413. The number of benzene rings is 1. The lowest BCUT2D eigenvalue weighted by Crippen LogP contribution is -2.26. The number of halogens is 3. The lowest BCUT2D eigenvalue weighted by molar-refractivity contribution is -0.137. The molecular formula is C21H21F3N4OS. The van der Waals surface area contributed by atoms with E-state index < -0.39 is 17.6 Å². The number of alkyl halides is 3. The molecule has 30 heavy (non-hydrogen) atoms. The number of nitrogens with two attached hydrogens (primary N) is 1. The predicted octanol–water partition coefficient (Wildman–Crippen LogP) is 4.46. The zero-order valence-corrected chi connectivity index (χ0v) is 17.3. The molecule has 9 heteroatoms. The molecule has 0 radical (unpaired) electrons. The zero-order chi connectivity index (χ0) is 21.9. The molecule has 0 aliphatic rings. The lowest BCUT2D eigenvalue weighted by atomic mass is 10.1. The molecule has 3 N–H and O–H groups in total. The van der Waals surface area contributed by atoms with Crippen molar-refractivity contribution >= 4 is 23.3 Å². The highest BCUT2D eigenvalue weighted by Crippen LogP contribution is 2.33. The van der Waals surface area contributed by atoms with Crippen molar-refractivity contribution in [3.8, 4) is 11.3 Å². The van der Waals surface area contributed by atoms with Crippen molar-refractivity contribution in [3.63, 3.8) is 0 Å². The number of amides is 1. The number of nitrogens with zero attached hydrogens (tertiary/aromatic N) is 2. The topological polar surface area (TPSA) is 72.9 Å². The summed E-state index contributed by atoms with van der Waals surface area (Å²) in [7, 11) is 1.82. The van der Waals surface area contributed by atoms with Gasteiger partial charge < -0.3 is 11.1 Å². The normalized spacial score (nSPS) is 12.3. The molecule has 1 aromatic carbocycles. The fraction of sp³-hybridized carbons (Fsp3) is 0.238. The molecule has 0 atom stereocenters. The molecule has 1 amide bonds. The van der Waals surface area contributed by atoms with Gasteiger partial charge in [-0.1, -0.05) is 25.1 Å². The summed E-state index contributed by atoms with van der Waals surface area (Å²) >= 11 is 1.34. The van der Waals surface area contributed by atoms with E-state index >= 15 is 0 Å². The largest absolute Gasteiger partial charge is 0.416 e. The van der Waals surface area contributed by atoms with Gasteiger partial charge in [0, 0.05) is 35.9 Å².